The van der Waals surface area contributed by atoms with E-state index in [2.05, 4.69) is 29.8 Å². The first-order valence-corrected chi connectivity index (χ1v) is 4.88. The second-order valence-corrected chi connectivity index (χ2v) is 1.71. The zero-order valence-electron chi connectivity index (χ0n) is 6.21. The highest BCUT2D eigenvalue weighted by molar-refractivity contribution is 9.08. The number of rotatable bonds is 3. The summed E-state index contributed by atoms with van der Waals surface area (Å²) in [7, 11) is 0. The van der Waals surface area contributed by atoms with Gasteiger partial charge in [0.2, 0.25) is 0 Å². The van der Waals surface area contributed by atoms with Gasteiger partial charge in [0.1, 0.15) is 0 Å². The molecule has 0 aromatic heterocycles. The third kappa shape index (κ3) is 16.1. The van der Waals surface area contributed by atoms with Gasteiger partial charge in [0.15, 0.2) is 0 Å². The van der Waals surface area contributed by atoms with Crippen molar-refractivity contribution >= 4 is 15.9 Å². The van der Waals surface area contributed by atoms with E-state index in [9.17, 15) is 0 Å². The van der Waals surface area contributed by atoms with Crippen LogP contribution in [-0.4, -0.2) is 5.83 Å². The molecule has 0 bridgehead atoms. The average molecular weight is 181 g/mol. The van der Waals surface area contributed by atoms with Crippen molar-refractivity contribution < 1.29 is 0 Å². The molecule has 52 valence electrons. The molecule has 0 amide bonds. The summed E-state index contributed by atoms with van der Waals surface area (Å²) in [6, 6.07) is 0. The van der Waals surface area contributed by atoms with Gasteiger partial charge in [-0.25, -0.2) is 0 Å². The van der Waals surface area contributed by atoms with Crippen LogP contribution >= 0.6 is 15.9 Å². The monoisotopic (exact) mass is 180 g/mol. The van der Waals surface area contributed by atoms with Crippen LogP contribution in [0.2, 0.25) is 0 Å². The van der Waals surface area contributed by atoms with Crippen molar-refractivity contribution in [1.82, 2.24) is 0 Å². The minimum Gasteiger partial charge on any atom is -0.0966 e. The predicted molar refractivity (Wildman–Crippen MR) is 44.7 cm³/mol. The zero-order chi connectivity index (χ0) is 6.83. The normalized spacial score (nSPS) is 7.50. The van der Waals surface area contributed by atoms with Crippen molar-refractivity contribution in [2.45, 2.75) is 39.5 Å². The van der Waals surface area contributed by atoms with E-state index in [4.69, 9.17) is 0 Å². The van der Waals surface area contributed by atoms with Crippen LogP contribution in [0.25, 0.3) is 0 Å². The van der Waals surface area contributed by atoms with Crippen LogP contribution in [0.1, 0.15) is 39.5 Å². The third-order valence-corrected chi connectivity index (χ3v) is 0.957. The average Bonchev–Trinajstić information content (AvgIpc) is 1.88. The maximum absolute atomic E-state index is 2.94. The highest BCUT2D eigenvalue weighted by Gasteiger charge is 1.75. The van der Waals surface area contributed by atoms with Crippen molar-refractivity contribution in [3.8, 4) is 0 Å². The molecule has 1 heteroatoms. The van der Waals surface area contributed by atoms with Gasteiger partial charge in [0, 0.05) is 0 Å². The van der Waals surface area contributed by atoms with Gasteiger partial charge >= 0.3 is 0 Å². The smallest absolute Gasteiger partial charge is 0.00848 e. The molecule has 0 saturated carbocycles. The Morgan fingerprint density at radius 3 is 1.25 bits per heavy atom. The van der Waals surface area contributed by atoms with Crippen molar-refractivity contribution in [1.29, 1.82) is 0 Å². The molecule has 0 N–H and O–H groups in total. The Morgan fingerprint density at radius 1 is 0.875 bits per heavy atom. The highest BCUT2D eigenvalue weighted by atomic mass is 79.9. The minimum atomic E-state index is 1.36. The lowest BCUT2D eigenvalue weighted by Gasteiger charge is -1.86. The summed E-state index contributed by atoms with van der Waals surface area (Å²) in [5.41, 5.74) is 0. The fourth-order valence-electron chi connectivity index (χ4n) is 0.500. The third-order valence-electron chi connectivity index (χ3n) is 0.957. The molecule has 0 radical (unpaired) electrons. The molecule has 0 heterocycles. The number of unbranched alkanes of at least 4 members (excludes halogenated alkanes) is 3. The Labute approximate surface area is 61.8 Å². The summed E-state index contributed by atoms with van der Waals surface area (Å²) in [6.07, 6.45) is 5.54. The Hall–Kier alpha value is 0.480. The van der Waals surface area contributed by atoms with E-state index in [-0.39, 0.29) is 0 Å². The molecule has 0 nitrogen and oxygen atoms in total. The summed E-state index contributed by atoms with van der Waals surface area (Å²) in [5, 5.41) is 0. The van der Waals surface area contributed by atoms with E-state index in [0.717, 1.165) is 0 Å². The maximum atomic E-state index is 2.94. The first-order valence-electron chi connectivity index (χ1n) is 3.29. The highest BCUT2D eigenvalue weighted by Crippen LogP contribution is 1.95. The Bertz CT molecular complexity index is 16.3. The summed E-state index contributed by atoms with van der Waals surface area (Å²) in [4.78, 5) is 0. The Balaban J connectivity index is 0. The number of hydrogen-bond donors (Lipinski definition) is 0. The largest absolute Gasteiger partial charge is 0.0966 e. The summed E-state index contributed by atoms with van der Waals surface area (Å²) in [6.45, 7) is 4.46. The molecule has 0 saturated heterocycles. The molecule has 0 aliphatic heterocycles. The van der Waals surface area contributed by atoms with Gasteiger partial charge in [0.05, 0.1) is 0 Å². The molecule has 0 fully saturated rings. The molecular weight excluding hydrogens is 164 g/mol. The van der Waals surface area contributed by atoms with Crippen LogP contribution in [0, 0.1) is 0 Å². The van der Waals surface area contributed by atoms with Gasteiger partial charge in [-0.1, -0.05) is 55.5 Å². The molecule has 0 aromatic rings. The van der Waals surface area contributed by atoms with E-state index in [0.29, 0.717) is 0 Å². The van der Waals surface area contributed by atoms with E-state index < -0.39 is 0 Å². The van der Waals surface area contributed by atoms with Gasteiger partial charge in [-0.3, -0.25) is 0 Å². The molecule has 0 rings (SSSR count). The standard InChI is InChI=1S/C6H14.CH3Br/c1-3-5-6-4-2;1-2/h3-6H2,1-2H3;1H3. The lowest BCUT2D eigenvalue weighted by Crippen LogP contribution is -1.66. The lowest BCUT2D eigenvalue weighted by atomic mass is 10.2. The molecular formula is C7H17Br. The van der Waals surface area contributed by atoms with Crippen LogP contribution in [-0.2, 0) is 0 Å². The van der Waals surface area contributed by atoms with Crippen LogP contribution < -0.4 is 0 Å². The zero-order valence-corrected chi connectivity index (χ0v) is 7.79. The molecule has 0 unspecified atom stereocenters. The van der Waals surface area contributed by atoms with E-state index >= 15 is 0 Å². The van der Waals surface area contributed by atoms with Crippen molar-refractivity contribution in [2.75, 3.05) is 5.83 Å². The number of alkyl halides is 1. The second-order valence-electron chi connectivity index (χ2n) is 1.71. The van der Waals surface area contributed by atoms with E-state index in [1.807, 2.05) is 5.83 Å². The quantitative estimate of drug-likeness (QED) is 0.461. The Morgan fingerprint density at radius 2 is 1.12 bits per heavy atom. The summed E-state index contributed by atoms with van der Waals surface area (Å²) in [5.74, 6) is 1.81. The topological polar surface area (TPSA) is 0 Å². The van der Waals surface area contributed by atoms with Crippen molar-refractivity contribution in [2.24, 2.45) is 0 Å². The SMILES string of the molecule is CBr.CCCCCC. The van der Waals surface area contributed by atoms with Gasteiger partial charge in [-0.2, -0.15) is 0 Å². The molecule has 0 spiro atoms. The van der Waals surface area contributed by atoms with Crippen molar-refractivity contribution in [3.05, 3.63) is 0 Å². The minimum absolute atomic E-state index is 1.36. The fourth-order valence-corrected chi connectivity index (χ4v) is 0.500. The maximum Gasteiger partial charge on any atom is -0.00848 e. The summed E-state index contributed by atoms with van der Waals surface area (Å²) >= 11 is 2.94. The fraction of sp³-hybridized carbons (Fsp3) is 1.00. The van der Waals surface area contributed by atoms with E-state index in [1.54, 1.807) is 0 Å². The second kappa shape index (κ2) is 15.6. The van der Waals surface area contributed by atoms with Gasteiger partial charge in [-0.15, -0.1) is 0 Å². The Kier molecular flexibility index (Phi) is 22.1. The van der Waals surface area contributed by atoms with Gasteiger partial charge < -0.3 is 0 Å². The molecule has 0 aliphatic rings. The van der Waals surface area contributed by atoms with Gasteiger partial charge in [0.25, 0.3) is 0 Å². The van der Waals surface area contributed by atoms with Crippen LogP contribution in [0.3, 0.4) is 0 Å². The lowest BCUT2D eigenvalue weighted by molar-refractivity contribution is 0.702. The van der Waals surface area contributed by atoms with Crippen LogP contribution in [0.4, 0.5) is 0 Å². The summed E-state index contributed by atoms with van der Waals surface area (Å²) < 4.78 is 0. The van der Waals surface area contributed by atoms with Gasteiger partial charge in [-0.05, 0) is 5.83 Å². The first kappa shape index (κ1) is 11.3. The van der Waals surface area contributed by atoms with E-state index in [1.165, 1.54) is 25.7 Å². The van der Waals surface area contributed by atoms with Crippen LogP contribution in [0.15, 0.2) is 0 Å². The molecule has 0 atom stereocenters. The van der Waals surface area contributed by atoms with Crippen molar-refractivity contribution in [3.63, 3.8) is 0 Å². The van der Waals surface area contributed by atoms with Crippen LogP contribution in [0.5, 0.6) is 0 Å². The number of hydrogen-bond acceptors (Lipinski definition) is 0. The molecule has 0 aromatic carbocycles. The molecule has 0 aliphatic carbocycles. The predicted octanol–water partition coefficient (Wildman–Crippen LogP) is 3.60. The molecule has 8 heavy (non-hydrogen) atoms. The number of halogens is 1. The first-order chi connectivity index (χ1) is 3.91.